The van der Waals surface area contributed by atoms with Crippen molar-refractivity contribution in [1.29, 1.82) is 0 Å². The van der Waals surface area contributed by atoms with Gasteiger partial charge >= 0.3 is 0 Å². The van der Waals surface area contributed by atoms with Gasteiger partial charge in [-0.2, -0.15) is 0 Å². The standard InChI is InChI=1S/C14H13BrF2N2/c15-11-1-2-14(19-8-11)9-18-4-3-10-5-12(16)7-13(17)6-10/h1-2,5-8,18H,3-4,9H2. The third-order valence-electron chi connectivity index (χ3n) is 2.61. The summed E-state index contributed by atoms with van der Waals surface area (Å²) in [5.41, 5.74) is 1.57. The van der Waals surface area contributed by atoms with Crippen molar-refractivity contribution in [2.45, 2.75) is 13.0 Å². The molecule has 2 aromatic rings. The molecule has 0 aliphatic heterocycles. The number of nitrogens with zero attached hydrogens (tertiary/aromatic N) is 1. The molecular formula is C14H13BrF2N2. The molecule has 0 aliphatic rings. The molecule has 1 aromatic heterocycles. The first kappa shape index (κ1) is 14.1. The average molecular weight is 327 g/mol. The molecule has 2 rings (SSSR count). The molecule has 0 radical (unpaired) electrons. The van der Waals surface area contributed by atoms with Gasteiger partial charge in [0.2, 0.25) is 0 Å². The number of hydrogen-bond acceptors (Lipinski definition) is 2. The first-order valence-electron chi connectivity index (χ1n) is 5.89. The van der Waals surface area contributed by atoms with E-state index in [-0.39, 0.29) is 0 Å². The van der Waals surface area contributed by atoms with Crippen molar-refractivity contribution in [3.05, 3.63) is 63.9 Å². The summed E-state index contributed by atoms with van der Waals surface area (Å²) in [5.74, 6) is -1.07. The Morgan fingerprint density at radius 1 is 1.11 bits per heavy atom. The van der Waals surface area contributed by atoms with Crippen molar-refractivity contribution in [2.24, 2.45) is 0 Å². The minimum Gasteiger partial charge on any atom is -0.311 e. The highest BCUT2D eigenvalue weighted by Gasteiger charge is 2.00. The highest BCUT2D eigenvalue weighted by Crippen LogP contribution is 2.09. The summed E-state index contributed by atoms with van der Waals surface area (Å²) < 4.78 is 26.9. The molecule has 0 fully saturated rings. The maximum atomic E-state index is 13.0. The van der Waals surface area contributed by atoms with Crippen molar-refractivity contribution >= 4 is 15.9 Å². The molecule has 0 unspecified atom stereocenters. The Labute approximate surface area is 119 Å². The van der Waals surface area contributed by atoms with Gasteiger partial charge in [-0.05, 0) is 58.7 Å². The van der Waals surface area contributed by atoms with Crippen LogP contribution in [-0.2, 0) is 13.0 Å². The van der Waals surface area contributed by atoms with Crippen LogP contribution in [-0.4, -0.2) is 11.5 Å². The fourth-order valence-electron chi connectivity index (χ4n) is 1.72. The Balaban J connectivity index is 1.79. The first-order chi connectivity index (χ1) is 9.13. The van der Waals surface area contributed by atoms with E-state index in [1.165, 1.54) is 12.1 Å². The Kier molecular flexibility index (Phi) is 4.99. The normalized spacial score (nSPS) is 10.7. The second kappa shape index (κ2) is 6.73. The number of rotatable bonds is 5. The summed E-state index contributed by atoms with van der Waals surface area (Å²) in [7, 11) is 0. The molecule has 19 heavy (non-hydrogen) atoms. The van der Waals surface area contributed by atoms with Gasteiger partial charge in [-0.3, -0.25) is 4.98 Å². The summed E-state index contributed by atoms with van der Waals surface area (Å²) >= 11 is 3.32. The Bertz CT molecular complexity index is 523. The van der Waals surface area contributed by atoms with Gasteiger partial charge in [0, 0.05) is 23.3 Å². The van der Waals surface area contributed by atoms with E-state index in [1.807, 2.05) is 12.1 Å². The molecule has 1 aromatic carbocycles. The summed E-state index contributed by atoms with van der Waals surface area (Å²) in [6.07, 6.45) is 2.31. The van der Waals surface area contributed by atoms with E-state index in [2.05, 4.69) is 26.2 Å². The monoisotopic (exact) mass is 326 g/mol. The van der Waals surface area contributed by atoms with Gasteiger partial charge < -0.3 is 5.32 Å². The molecule has 0 bridgehead atoms. The fraction of sp³-hybridized carbons (Fsp3) is 0.214. The maximum Gasteiger partial charge on any atom is 0.126 e. The Hall–Kier alpha value is -1.33. The molecule has 1 heterocycles. The van der Waals surface area contributed by atoms with Crippen LogP contribution in [0.1, 0.15) is 11.3 Å². The molecule has 0 atom stereocenters. The van der Waals surface area contributed by atoms with Crippen LogP contribution in [0, 0.1) is 11.6 Å². The van der Waals surface area contributed by atoms with Crippen LogP contribution in [0.15, 0.2) is 41.0 Å². The third-order valence-corrected chi connectivity index (χ3v) is 3.08. The summed E-state index contributed by atoms with van der Waals surface area (Å²) in [6, 6.07) is 7.42. The molecule has 2 nitrogen and oxygen atoms in total. The molecule has 100 valence electrons. The number of hydrogen-bond donors (Lipinski definition) is 1. The van der Waals surface area contributed by atoms with Gasteiger partial charge in [0.15, 0.2) is 0 Å². The number of nitrogens with one attached hydrogen (secondary N) is 1. The smallest absolute Gasteiger partial charge is 0.126 e. The topological polar surface area (TPSA) is 24.9 Å². The van der Waals surface area contributed by atoms with Crippen molar-refractivity contribution in [3.8, 4) is 0 Å². The lowest BCUT2D eigenvalue weighted by atomic mass is 10.1. The minimum atomic E-state index is -0.537. The maximum absolute atomic E-state index is 13.0. The van der Waals surface area contributed by atoms with Crippen LogP contribution >= 0.6 is 15.9 Å². The van der Waals surface area contributed by atoms with Gasteiger partial charge in [0.1, 0.15) is 11.6 Å². The van der Waals surface area contributed by atoms with E-state index in [0.717, 1.165) is 16.2 Å². The SMILES string of the molecule is Fc1cc(F)cc(CCNCc2ccc(Br)cn2)c1. The lowest BCUT2D eigenvalue weighted by Crippen LogP contribution is -2.17. The molecule has 5 heteroatoms. The van der Waals surface area contributed by atoms with Crippen molar-refractivity contribution in [1.82, 2.24) is 10.3 Å². The fourth-order valence-corrected chi connectivity index (χ4v) is 1.95. The zero-order chi connectivity index (χ0) is 13.7. The van der Waals surface area contributed by atoms with E-state index >= 15 is 0 Å². The largest absolute Gasteiger partial charge is 0.311 e. The van der Waals surface area contributed by atoms with E-state index in [4.69, 9.17) is 0 Å². The Morgan fingerprint density at radius 2 is 1.84 bits per heavy atom. The molecule has 0 saturated heterocycles. The molecule has 0 amide bonds. The van der Waals surface area contributed by atoms with Crippen LogP contribution in [0.25, 0.3) is 0 Å². The van der Waals surface area contributed by atoms with Gasteiger partial charge in [-0.15, -0.1) is 0 Å². The van der Waals surface area contributed by atoms with Crippen molar-refractivity contribution < 1.29 is 8.78 Å². The van der Waals surface area contributed by atoms with E-state index in [1.54, 1.807) is 6.20 Å². The average Bonchev–Trinajstić information content (AvgIpc) is 2.36. The van der Waals surface area contributed by atoms with Crippen LogP contribution in [0.4, 0.5) is 8.78 Å². The van der Waals surface area contributed by atoms with Crippen molar-refractivity contribution in [3.63, 3.8) is 0 Å². The second-order valence-corrected chi connectivity index (χ2v) is 5.09. The number of aromatic nitrogens is 1. The molecular weight excluding hydrogens is 314 g/mol. The summed E-state index contributed by atoms with van der Waals surface area (Å²) in [5, 5.41) is 3.19. The zero-order valence-electron chi connectivity index (χ0n) is 10.2. The lowest BCUT2D eigenvalue weighted by Gasteiger charge is -2.05. The van der Waals surface area contributed by atoms with Crippen LogP contribution in [0.5, 0.6) is 0 Å². The van der Waals surface area contributed by atoms with Gasteiger partial charge in [0.25, 0.3) is 0 Å². The second-order valence-electron chi connectivity index (χ2n) is 4.17. The van der Waals surface area contributed by atoms with Crippen molar-refractivity contribution in [2.75, 3.05) is 6.54 Å². The minimum absolute atomic E-state index is 0.537. The Morgan fingerprint density at radius 3 is 2.47 bits per heavy atom. The van der Waals surface area contributed by atoms with E-state index in [0.29, 0.717) is 25.1 Å². The predicted molar refractivity (Wildman–Crippen MR) is 73.7 cm³/mol. The first-order valence-corrected chi connectivity index (χ1v) is 6.69. The lowest BCUT2D eigenvalue weighted by molar-refractivity contribution is 0.577. The number of benzene rings is 1. The van der Waals surface area contributed by atoms with Gasteiger partial charge in [0.05, 0.1) is 5.69 Å². The molecule has 0 spiro atoms. The highest BCUT2D eigenvalue weighted by molar-refractivity contribution is 9.10. The molecule has 1 N–H and O–H groups in total. The zero-order valence-corrected chi connectivity index (χ0v) is 11.8. The summed E-state index contributed by atoms with van der Waals surface area (Å²) in [6.45, 7) is 1.27. The third kappa shape index (κ3) is 4.69. The van der Waals surface area contributed by atoms with E-state index < -0.39 is 11.6 Å². The van der Waals surface area contributed by atoms with Gasteiger partial charge in [-0.25, -0.2) is 8.78 Å². The number of pyridine rings is 1. The van der Waals surface area contributed by atoms with E-state index in [9.17, 15) is 8.78 Å². The van der Waals surface area contributed by atoms with Crippen LogP contribution in [0.3, 0.4) is 0 Å². The van der Waals surface area contributed by atoms with Crippen LogP contribution in [0.2, 0.25) is 0 Å². The number of halogens is 3. The quantitative estimate of drug-likeness (QED) is 0.851. The molecule has 0 aliphatic carbocycles. The highest BCUT2D eigenvalue weighted by atomic mass is 79.9. The predicted octanol–water partition coefficient (Wildman–Crippen LogP) is 3.45. The van der Waals surface area contributed by atoms with Gasteiger partial charge in [-0.1, -0.05) is 0 Å². The summed E-state index contributed by atoms with van der Waals surface area (Å²) in [4.78, 5) is 4.22. The van der Waals surface area contributed by atoms with Crippen LogP contribution < -0.4 is 5.32 Å². The molecule has 0 saturated carbocycles.